The summed E-state index contributed by atoms with van der Waals surface area (Å²) in [5.41, 5.74) is -0.116. The number of aromatic nitrogens is 2. The maximum atomic E-state index is 13.2. The first kappa shape index (κ1) is 18.8. The number of carbonyl (C=O) groups excluding carboxylic acids is 2. The monoisotopic (exact) mass is 359 g/mol. The molecule has 2 fully saturated rings. The van der Waals surface area contributed by atoms with Crippen molar-refractivity contribution in [3.63, 3.8) is 0 Å². The summed E-state index contributed by atoms with van der Waals surface area (Å²) in [5, 5.41) is 4.09. The molecule has 142 valence electrons. The fourth-order valence-electron chi connectivity index (χ4n) is 4.38. The van der Waals surface area contributed by atoms with E-state index in [2.05, 4.69) is 10.00 Å². The van der Waals surface area contributed by atoms with Gasteiger partial charge < -0.3 is 4.90 Å². The molecule has 2 saturated carbocycles. The van der Waals surface area contributed by atoms with Crippen LogP contribution in [0.3, 0.4) is 0 Å². The fourth-order valence-corrected chi connectivity index (χ4v) is 4.38. The Morgan fingerprint density at radius 1 is 1.00 bits per heavy atom. The lowest BCUT2D eigenvalue weighted by molar-refractivity contribution is -0.139. The fraction of sp³-hybridized carbons (Fsp3) is 0.700. The summed E-state index contributed by atoms with van der Waals surface area (Å²) in [5.74, 6) is -0.235. The highest BCUT2D eigenvalue weighted by molar-refractivity contribution is 5.91. The van der Waals surface area contributed by atoms with Gasteiger partial charge in [0.15, 0.2) is 5.78 Å². The maximum Gasteiger partial charge on any atom is 0.267 e. The van der Waals surface area contributed by atoms with Crippen molar-refractivity contribution < 1.29 is 9.59 Å². The Bertz CT molecular complexity index is 682. The van der Waals surface area contributed by atoms with Gasteiger partial charge in [-0.1, -0.05) is 38.5 Å². The van der Waals surface area contributed by atoms with Crippen LogP contribution in [-0.2, 0) is 11.3 Å². The van der Waals surface area contributed by atoms with Gasteiger partial charge in [0.25, 0.3) is 5.56 Å². The van der Waals surface area contributed by atoms with Crippen LogP contribution < -0.4 is 5.56 Å². The summed E-state index contributed by atoms with van der Waals surface area (Å²) in [6, 6.07) is 3.31. The molecule has 0 aromatic carbocycles. The normalized spacial score (nSPS) is 19.3. The molecule has 1 heterocycles. The molecule has 2 aliphatic carbocycles. The Hall–Kier alpha value is -1.98. The average molecular weight is 359 g/mol. The van der Waals surface area contributed by atoms with Crippen molar-refractivity contribution >= 4 is 11.7 Å². The first-order valence-electron chi connectivity index (χ1n) is 9.96. The molecule has 0 atom stereocenters. The van der Waals surface area contributed by atoms with Gasteiger partial charge in [-0.05, 0) is 31.7 Å². The highest BCUT2D eigenvalue weighted by Gasteiger charge is 2.32. The lowest BCUT2D eigenvalue weighted by atomic mass is 9.88. The van der Waals surface area contributed by atoms with Crippen LogP contribution in [-0.4, -0.2) is 38.5 Å². The molecule has 0 bridgehead atoms. The van der Waals surface area contributed by atoms with Crippen LogP contribution in [0.15, 0.2) is 16.9 Å². The van der Waals surface area contributed by atoms with Gasteiger partial charge in [-0.15, -0.1) is 0 Å². The van der Waals surface area contributed by atoms with Crippen molar-refractivity contribution in [2.45, 2.75) is 89.8 Å². The Kier molecular flexibility index (Phi) is 6.22. The van der Waals surface area contributed by atoms with Crippen molar-refractivity contribution in [1.82, 2.24) is 14.7 Å². The van der Waals surface area contributed by atoms with E-state index in [4.69, 9.17) is 0 Å². The number of Topliss-reactive ketones (excluding diaryl/α,β-unsaturated/α-hetero) is 1. The smallest absolute Gasteiger partial charge is 0.267 e. The molecule has 1 aromatic heterocycles. The number of hydrogen-bond donors (Lipinski definition) is 0. The van der Waals surface area contributed by atoms with Gasteiger partial charge in [0.2, 0.25) is 5.91 Å². The number of carbonyl (C=O) groups is 2. The first-order valence-corrected chi connectivity index (χ1v) is 9.96. The lowest BCUT2D eigenvalue weighted by Crippen LogP contribution is -2.50. The molecule has 0 aliphatic heterocycles. The maximum absolute atomic E-state index is 13.2. The molecular formula is C20H29N3O3. The van der Waals surface area contributed by atoms with Gasteiger partial charge in [0.1, 0.15) is 12.2 Å². The van der Waals surface area contributed by atoms with Gasteiger partial charge in [0.05, 0.1) is 0 Å². The van der Waals surface area contributed by atoms with Crippen molar-refractivity contribution in [3.05, 3.63) is 28.2 Å². The summed E-state index contributed by atoms with van der Waals surface area (Å²) >= 11 is 0. The molecule has 0 unspecified atom stereocenters. The third-order valence-corrected chi connectivity index (χ3v) is 5.74. The van der Waals surface area contributed by atoms with Gasteiger partial charge in [-0.3, -0.25) is 14.4 Å². The number of rotatable bonds is 5. The third-order valence-electron chi connectivity index (χ3n) is 5.74. The molecule has 0 radical (unpaired) electrons. The van der Waals surface area contributed by atoms with Gasteiger partial charge >= 0.3 is 0 Å². The van der Waals surface area contributed by atoms with E-state index >= 15 is 0 Å². The molecule has 6 heteroatoms. The van der Waals surface area contributed by atoms with E-state index < -0.39 is 0 Å². The van der Waals surface area contributed by atoms with Crippen LogP contribution in [0.4, 0.5) is 0 Å². The Morgan fingerprint density at radius 3 is 2.04 bits per heavy atom. The zero-order chi connectivity index (χ0) is 18.5. The van der Waals surface area contributed by atoms with E-state index in [1.807, 2.05) is 0 Å². The second-order valence-corrected chi connectivity index (χ2v) is 7.66. The predicted octanol–water partition coefficient (Wildman–Crippen LogP) is 2.94. The summed E-state index contributed by atoms with van der Waals surface area (Å²) in [6.07, 6.45) is 11.4. The molecule has 0 saturated heterocycles. The largest absolute Gasteiger partial charge is 0.335 e. The quantitative estimate of drug-likeness (QED) is 0.758. The minimum absolute atomic E-state index is 0.0286. The zero-order valence-electron chi connectivity index (χ0n) is 15.7. The van der Waals surface area contributed by atoms with E-state index in [0.29, 0.717) is 0 Å². The van der Waals surface area contributed by atoms with E-state index in [1.54, 1.807) is 0 Å². The molecule has 2 aliphatic rings. The van der Waals surface area contributed by atoms with E-state index in [1.165, 1.54) is 57.6 Å². The summed E-state index contributed by atoms with van der Waals surface area (Å²) < 4.78 is 1.15. The van der Waals surface area contributed by atoms with Crippen LogP contribution in [0.2, 0.25) is 0 Å². The third kappa shape index (κ3) is 4.40. The SMILES string of the molecule is CC(=O)c1ccc(=O)n(CC(=O)N(C2CCCCC2)C2CCCCC2)n1. The first-order chi connectivity index (χ1) is 12.6. The number of ketones is 1. The van der Waals surface area contributed by atoms with Gasteiger partial charge in [-0.2, -0.15) is 5.10 Å². The molecule has 26 heavy (non-hydrogen) atoms. The van der Waals surface area contributed by atoms with E-state index in [-0.39, 0.29) is 41.6 Å². The van der Waals surface area contributed by atoms with E-state index in [0.717, 1.165) is 30.4 Å². The average Bonchev–Trinajstić information content (AvgIpc) is 2.65. The predicted molar refractivity (Wildman–Crippen MR) is 99.1 cm³/mol. The summed E-state index contributed by atoms with van der Waals surface area (Å²) in [6.45, 7) is 1.34. The van der Waals surface area contributed by atoms with Crippen LogP contribution >= 0.6 is 0 Å². The molecule has 6 nitrogen and oxygen atoms in total. The summed E-state index contributed by atoms with van der Waals surface area (Å²) in [7, 11) is 0. The van der Waals surface area contributed by atoms with Crippen LogP contribution in [0, 0.1) is 0 Å². The molecule has 1 amide bonds. The molecule has 0 spiro atoms. The van der Waals surface area contributed by atoms with Crippen molar-refractivity contribution in [1.29, 1.82) is 0 Å². The number of hydrogen-bond acceptors (Lipinski definition) is 4. The molecule has 0 N–H and O–H groups in total. The van der Waals surface area contributed by atoms with Crippen molar-refractivity contribution in [2.75, 3.05) is 0 Å². The topological polar surface area (TPSA) is 72.3 Å². The number of amides is 1. The standard InChI is InChI=1S/C20H29N3O3/c1-15(24)18-12-13-19(25)22(21-18)14-20(26)23(16-8-4-2-5-9-16)17-10-6-3-7-11-17/h12-13,16-17H,2-11,14H2,1H3. The number of nitrogens with zero attached hydrogens (tertiary/aromatic N) is 3. The lowest BCUT2D eigenvalue weighted by Gasteiger charge is -2.41. The van der Waals surface area contributed by atoms with Crippen LogP contribution in [0.5, 0.6) is 0 Å². The molecular weight excluding hydrogens is 330 g/mol. The highest BCUT2D eigenvalue weighted by Crippen LogP contribution is 2.30. The van der Waals surface area contributed by atoms with Crippen LogP contribution in [0.1, 0.15) is 81.6 Å². The second-order valence-electron chi connectivity index (χ2n) is 7.66. The Balaban J connectivity index is 1.81. The molecule has 1 aromatic rings. The Labute approximate surface area is 154 Å². The van der Waals surface area contributed by atoms with Crippen molar-refractivity contribution in [3.8, 4) is 0 Å². The van der Waals surface area contributed by atoms with Crippen molar-refractivity contribution in [2.24, 2.45) is 0 Å². The Morgan fingerprint density at radius 2 is 1.54 bits per heavy atom. The van der Waals surface area contributed by atoms with Gasteiger partial charge in [0, 0.05) is 25.1 Å². The van der Waals surface area contributed by atoms with Gasteiger partial charge in [-0.25, -0.2) is 4.68 Å². The zero-order valence-corrected chi connectivity index (χ0v) is 15.7. The van der Waals surface area contributed by atoms with Crippen LogP contribution in [0.25, 0.3) is 0 Å². The minimum Gasteiger partial charge on any atom is -0.335 e. The minimum atomic E-state index is -0.337. The second kappa shape index (κ2) is 8.60. The highest BCUT2D eigenvalue weighted by atomic mass is 16.2. The van der Waals surface area contributed by atoms with E-state index in [9.17, 15) is 14.4 Å². The molecule has 3 rings (SSSR count). The summed E-state index contributed by atoms with van der Waals surface area (Å²) in [4.78, 5) is 38.9.